The van der Waals surface area contributed by atoms with Gasteiger partial charge in [0.05, 0.1) is 11.8 Å². The highest BCUT2D eigenvalue weighted by molar-refractivity contribution is 5.23. The Morgan fingerprint density at radius 1 is 1.23 bits per heavy atom. The van der Waals surface area contributed by atoms with E-state index in [0.29, 0.717) is 12.5 Å². The molecule has 1 aromatic heterocycles. The molecule has 4 nitrogen and oxygen atoms in total. The van der Waals surface area contributed by atoms with E-state index in [-0.39, 0.29) is 0 Å². The van der Waals surface area contributed by atoms with Gasteiger partial charge in [0, 0.05) is 31.9 Å². The van der Waals surface area contributed by atoms with E-state index in [9.17, 15) is 5.11 Å². The van der Waals surface area contributed by atoms with Crippen LogP contribution in [0.3, 0.4) is 0 Å². The fraction of sp³-hybridized carbons (Fsp3) is 0.500. The molecule has 2 aromatic rings. The van der Waals surface area contributed by atoms with Gasteiger partial charge >= 0.3 is 0 Å². The van der Waals surface area contributed by atoms with Crippen molar-refractivity contribution in [2.75, 3.05) is 13.6 Å². The van der Waals surface area contributed by atoms with E-state index in [4.69, 9.17) is 0 Å². The van der Waals surface area contributed by atoms with Crippen LogP contribution in [-0.2, 0) is 13.6 Å². The Kier molecular flexibility index (Phi) is 5.37. The Labute approximate surface area is 133 Å². The number of hydrogen-bond donors (Lipinski definition) is 1. The molecule has 0 saturated carbocycles. The summed E-state index contributed by atoms with van der Waals surface area (Å²) in [7, 11) is 3.99. The molecule has 0 radical (unpaired) electrons. The largest absolute Gasteiger partial charge is 0.387 e. The number of nitrogens with zero attached hydrogens (tertiary/aromatic N) is 3. The first-order chi connectivity index (χ1) is 10.4. The third kappa shape index (κ3) is 4.18. The van der Waals surface area contributed by atoms with Crippen LogP contribution in [-0.4, -0.2) is 33.4 Å². The first kappa shape index (κ1) is 16.7. The van der Waals surface area contributed by atoms with Crippen molar-refractivity contribution in [2.24, 2.45) is 7.05 Å². The summed E-state index contributed by atoms with van der Waals surface area (Å²) in [5.41, 5.74) is 4.55. The molecule has 1 atom stereocenters. The lowest BCUT2D eigenvalue weighted by atomic mass is 10.1. The zero-order valence-corrected chi connectivity index (χ0v) is 14.2. The van der Waals surface area contributed by atoms with Gasteiger partial charge in [-0.2, -0.15) is 5.10 Å². The van der Waals surface area contributed by atoms with Crippen molar-refractivity contribution in [3.8, 4) is 0 Å². The molecule has 1 aromatic carbocycles. The SMILES string of the molecule is Cc1ccc(C(O)CN(C)Cc2cn(C)nc2C(C)C)cc1. The zero-order valence-electron chi connectivity index (χ0n) is 14.2. The molecule has 0 aliphatic rings. The number of benzene rings is 1. The summed E-state index contributed by atoms with van der Waals surface area (Å²) in [4.78, 5) is 2.15. The number of aryl methyl sites for hydroxylation is 2. The minimum atomic E-state index is -0.468. The fourth-order valence-corrected chi connectivity index (χ4v) is 2.71. The Hall–Kier alpha value is -1.65. The standard InChI is InChI=1S/C18H27N3O/c1-13(2)18-16(11-21(5)19-18)10-20(4)12-17(22)15-8-6-14(3)7-9-15/h6-9,11,13,17,22H,10,12H2,1-5H3. The van der Waals surface area contributed by atoms with Crippen LogP contribution in [0.25, 0.3) is 0 Å². The highest BCUT2D eigenvalue weighted by Crippen LogP contribution is 2.20. The molecule has 4 heteroatoms. The molecule has 0 spiro atoms. The van der Waals surface area contributed by atoms with Crippen LogP contribution in [0.15, 0.2) is 30.5 Å². The van der Waals surface area contributed by atoms with Crippen molar-refractivity contribution >= 4 is 0 Å². The van der Waals surface area contributed by atoms with E-state index in [1.807, 2.05) is 43.0 Å². The summed E-state index contributed by atoms with van der Waals surface area (Å²) in [6.45, 7) is 7.78. The third-order valence-electron chi connectivity index (χ3n) is 3.87. The fourth-order valence-electron chi connectivity index (χ4n) is 2.71. The number of aromatic nitrogens is 2. The molecular formula is C18H27N3O. The summed E-state index contributed by atoms with van der Waals surface area (Å²) in [5.74, 6) is 0.409. The molecule has 0 amide bonds. The normalized spacial score (nSPS) is 13.1. The van der Waals surface area contributed by atoms with Crippen molar-refractivity contribution in [1.82, 2.24) is 14.7 Å². The lowest BCUT2D eigenvalue weighted by Gasteiger charge is -2.21. The molecule has 2 rings (SSSR count). The highest BCUT2D eigenvalue weighted by Gasteiger charge is 2.15. The Morgan fingerprint density at radius 3 is 2.45 bits per heavy atom. The van der Waals surface area contributed by atoms with Gasteiger partial charge in [0.2, 0.25) is 0 Å². The van der Waals surface area contributed by atoms with E-state index < -0.39 is 6.10 Å². The van der Waals surface area contributed by atoms with E-state index in [1.54, 1.807) is 0 Å². The van der Waals surface area contributed by atoms with Gasteiger partial charge in [-0.1, -0.05) is 43.7 Å². The van der Waals surface area contributed by atoms with Gasteiger partial charge in [-0.05, 0) is 25.5 Å². The van der Waals surface area contributed by atoms with Crippen molar-refractivity contribution in [3.63, 3.8) is 0 Å². The Balaban J connectivity index is 2.00. The first-order valence-corrected chi connectivity index (χ1v) is 7.82. The van der Waals surface area contributed by atoms with Gasteiger partial charge in [-0.3, -0.25) is 9.58 Å². The average molecular weight is 301 g/mol. The molecule has 1 unspecified atom stereocenters. The second kappa shape index (κ2) is 7.07. The van der Waals surface area contributed by atoms with E-state index in [2.05, 4.69) is 37.0 Å². The predicted octanol–water partition coefficient (Wildman–Crippen LogP) is 3.02. The van der Waals surface area contributed by atoms with Crippen LogP contribution in [0.1, 0.15) is 48.3 Å². The molecule has 0 fully saturated rings. The Bertz CT molecular complexity index is 601. The number of hydrogen-bond acceptors (Lipinski definition) is 3. The number of aliphatic hydroxyl groups is 1. The lowest BCUT2D eigenvalue weighted by molar-refractivity contribution is 0.123. The molecule has 22 heavy (non-hydrogen) atoms. The maximum Gasteiger partial charge on any atom is 0.0916 e. The number of likely N-dealkylation sites (N-methyl/N-ethyl adjacent to an activating group) is 1. The zero-order chi connectivity index (χ0) is 16.3. The van der Waals surface area contributed by atoms with Gasteiger partial charge in [-0.15, -0.1) is 0 Å². The molecule has 120 valence electrons. The molecule has 0 bridgehead atoms. The predicted molar refractivity (Wildman–Crippen MR) is 89.8 cm³/mol. The highest BCUT2D eigenvalue weighted by atomic mass is 16.3. The molecule has 1 heterocycles. The third-order valence-corrected chi connectivity index (χ3v) is 3.87. The summed E-state index contributed by atoms with van der Waals surface area (Å²) < 4.78 is 1.87. The molecular weight excluding hydrogens is 274 g/mol. The molecule has 0 aliphatic heterocycles. The summed E-state index contributed by atoms with van der Waals surface area (Å²) in [6, 6.07) is 8.07. The second-order valence-corrected chi connectivity index (χ2v) is 6.49. The van der Waals surface area contributed by atoms with Crippen LogP contribution in [0.5, 0.6) is 0 Å². The van der Waals surface area contributed by atoms with Crippen molar-refractivity contribution in [1.29, 1.82) is 0 Å². The van der Waals surface area contributed by atoms with Crippen LogP contribution in [0.2, 0.25) is 0 Å². The number of aliphatic hydroxyl groups excluding tert-OH is 1. The van der Waals surface area contributed by atoms with Crippen LogP contribution in [0.4, 0.5) is 0 Å². The minimum Gasteiger partial charge on any atom is -0.387 e. The maximum absolute atomic E-state index is 10.4. The van der Waals surface area contributed by atoms with Crippen molar-refractivity contribution < 1.29 is 5.11 Å². The van der Waals surface area contributed by atoms with Crippen LogP contribution in [0, 0.1) is 6.92 Å². The Morgan fingerprint density at radius 2 is 1.86 bits per heavy atom. The van der Waals surface area contributed by atoms with Crippen molar-refractivity contribution in [3.05, 3.63) is 52.8 Å². The van der Waals surface area contributed by atoms with Gasteiger partial charge in [-0.25, -0.2) is 0 Å². The molecule has 0 aliphatic carbocycles. The summed E-state index contributed by atoms with van der Waals surface area (Å²) in [5, 5.41) is 14.9. The molecule has 1 N–H and O–H groups in total. The van der Waals surface area contributed by atoms with Gasteiger partial charge in [0.1, 0.15) is 0 Å². The van der Waals surface area contributed by atoms with E-state index in [0.717, 1.165) is 17.8 Å². The summed E-state index contributed by atoms with van der Waals surface area (Å²) in [6.07, 6.45) is 1.61. The number of rotatable bonds is 6. The smallest absolute Gasteiger partial charge is 0.0916 e. The monoisotopic (exact) mass is 301 g/mol. The minimum absolute atomic E-state index is 0.409. The molecule has 0 saturated heterocycles. The van der Waals surface area contributed by atoms with Gasteiger partial charge in [0.15, 0.2) is 0 Å². The maximum atomic E-state index is 10.4. The lowest BCUT2D eigenvalue weighted by Crippen LogP contribution is -2.24. The summed E-state index contributed by atoms with van der Waals surface area (Å²) >= 11 is 0. The van der Waals surface area contributed by atoms with Crippen LogP contribution >= 0.6 is 0 Å². The topological polar surface area (TPSA) is 41.3 Å². The quantitative estimate of drug-likeness (QED) is 0.891. The van der Waals surface area contributed by atoms with E-state index in [1.165, 1.54) is 11.1 Å². The van der Waals surface area contributed by atoms with Gasteiger partial charge < -0.3 is 5.11 Å². The van der Waals surface area contributed by atoms with E-state index >= 15 is 0 Å². The second-order valence-electron chi connectivity index (χ2n) is 6.49. The van der Waals surface area contributed by atoms with Crippen LogP contribution < -0.4 is 0 Å². The average Bonchev–Trinajstić information content (AvgIpc) is 2.80. The van der Waals surface area contributed by atoms with Crippen molar-refractivity contribution in [2.45, 2.75) is 39.3 Å². The first-order valence-electron chi connectivity index (χ1n) is 7.82. The van der Waals surface area contributed by atoms with Gasteiger partial charge in [0.25, 0.3) is 0 Å².